The molecular formula is C26H20BrNS. The van der Waals surface area contributed by atoms with E-state index in [1.165, 1.54) is 52.9 Å². The molecule has 0 aliphatic carbocycles. The van der Waals surface area contributed by atoms with E-state index in [9.17, 15) is 0 Å². The van der Waals surface area contributed by atoms with Crippen molar-refractivity contribution in [1.29, 1.82) is 0 Å². The van der Waals surface area contributed by atoms with Crippen LogP contribution in [0.15, 0.2) is 99.2 Å². The number of hydrogen-bond donors (Lipinski definition) is 0. The van der Waals surface area contributed by atoms with E-state index < -0.39 is 10.0 Å². The molecule has 142 valence electrons. The highest BCUT2D eigenvalue weighted by Gasteiger charge is 2.36. The number of rotatable bonds is 1. The van der Waals surface area contributed by atoms with Crippen LogP contribution in [-0.4, -0.2) is 17.1 Å². The molecule has 0 unspecified atom stereocenters. The second-order valence-electron chi connectivity index (χ2n) is 7.97. The molecule has 1 aromatic heterocycles. The summed E-state index contributed by atoms with van der Waals surface area (Å²) in [6.45, 7) is 0. The van der Waals surface area contributed by atoms with E-state index in [1.807, 2.05) is 0 Å². The van der Waals surface area contributed by atoms with Crippen molar-refractivity contribution >= 4 is 47.8 Å². The van der Waals surface area contributed by atoms with Crippen LogP contribution in [0.25, 0.3) is 38.6 Å². The number of aromatic nitrogens is 1. The van der Waals surface area contributed by atoms with Crippen LogP contribution in [0.1, 0.15) is 0 Å². The molecule has 0 saturated carbocycles. The third-order valence-electron chi connectivity index (χ3n) is 6.10. The molecule has 1 nitrogen and oxygen atoms in total. The topological polar surface area (TPSA) is 4.93 Å². The van der Waals surface area contributed by atoms with Gasteiger partial charge in [0, 0.05) is 36.3 Å². The number of fused-ring (bicyclic) bond motifs is 7. The van der Waals surface area contributed by atoms with Gasteiger partial charge in [0.25, 0.3) is 0 Å². The molecule has 3 heteroatoms. The van der Waals surface area contributed by atoms with Crippen molar-refractivity contribution in [3.8, 4) is 16.8 Å². The fourth-order valence-corrected chi connectivity index (χ4v) is 8.43. The summed E-state index contributed by atoms with van der Waals surface area (Å²) in [4.78, 5) is 2.97. The monoisotopic (exact) mass is 457 g/mol. The Kier molecular flexibility index (Phi) is 3.60. The Morgan fingerprint density at radius 1 is 0.759 bits per heavy atom. The summed E-state index contributed by atoms with van der Waals surface area (Å²) in [6, 6.07) is 30.8. The van der Waals surface area contributed by atoms with Gasteiger partial charge >= 0.3 is 0 Å². The first-order valence-corrected chi connectivity index (χ1v) is 13.0. The molecule has 0 fully saturated rings. The lowest BCUT2D eigenvalue weighted by Gasteiger charge is -2.29. The number of hydrogen-bond acceptors (Lipinski definition) is 0. The highest BCUT2D eigenvalue weighted by atomic mass is 79.9. The Morgan fingerprint density at radius 2 is 1.45 bits per heavy atom. The van der Waals surface area contributed by atoms with E-state index >= 15 is 0 Å². The predicted molar refractivity (Wildman–Crippen MR) is 130 cm³/mol. The third kappa shape index (κ3) is 2.23. The molecule has 2 heterocycles. The lowest BCUT2D eigenvalue weighted by Crippen LogP contribution is -1.99. The van der Waals surface area contributed by atoms with Crippen molar-refractivity contribution in [1.82, 2.24) is 4.57 Å². The molecule has 5 aromatic rings. The van der Waals surface area contributed by atoms with Crippen LogP contribution in [0.4, 0.5) is 0 Å². The van der Waals surface area contributed by atoms with E-state index in [0.29, 0.717) is 0 Å². The quantitative estimate of drug-likeness (QED) is 0.240. The zero-order valence-corrected chi connectivity index (χ0v) is 18.7. The molecule has 1 aliphatic heterocycles. The average Bonchev–Trinajstić information content (AvgIpc) is 3.19. The first-order chi connectivity index (χ1) is 14.1. The van der Waals surface area contributed by atoms with Gasteiger partial charge in [-0.3, -0.25) is 0 Å². The van der Waals surface area contributed by atoms with Crippen LogP contribution in [-0.2, 0) is 0 Å². The minimum atomic E-state index is -1.14. The maximum absolute atomic E-state index is 3.95. The van der Waals surface area contributed by atoms with Crippen molar-refractivity contribution in [2.24, 2.45) is 0 Å². The number of para-hydroxylation sites is 2. The van der Waals surface area contributed by atoms with E-state index in [1.54, 1.807) is 0 Å². The summed E-state index contributed by atoms with van der Waals surface area (Å²) in [5, 5.41) is 2.63. The third-order valence-corrected chi connectivity index (χ3v) is 9.60. The standard InChI is InChI=1S/C26H20BrNS/c1-29(2)23-15-9-7-13-19(23)24-21(27)16-20-18-12-6-8-14-22(18)28(25(20)26(24)29)17-10-4-3-5-11-17/h3-16H,1-2H3. The van der Waals surface area contributed by atoms with E-state index in [0.717, 1.165) is 0 Å². The van der Waals surface area contributed by atoms with Crippen molar-refractivity contribution in [3.63, 3.8) is 0 Å². The highest BCUT2D eigenvalue weighted by molar-refractivity contribution is 9.10. The fourth-order valence-electron chi connectivity index (χ4n) is 4.88. The molecule has 4 aromatic carbocycles. The summed E-state index contributed by atoms with van der Waals surface area (Å²) in [5.74, 6) is 0. The summed E-state index contributed by atoms with van der Waals surface area (Å²) < 4.78 is 3.66. The minimum Gasteiger partial charge on any atom is -0.308 e. The molecule has 0 spiro atoms. The summed E-state index contributed by atoms with van der Waals surface area (Å²) in [5.41, 5.74) is 6.58. The van der Waals surface area contributed by atoms with E-state index in [-0.39, 0.29) is 0 Å². The lowest BCUT2D eigenvalue weighted by atomic mass is 10.0. The Bertz CT molecular complexity index is 1430. The van der Waals surface area contributed by atoms with Gasteiger partial charge in [-0.15, -0.1) is 0 Å². The smallest absolute Gasteiger partial charge is 0.0672 e. The maximum atomic E-state index is 3.95. The molecule has 0 bridgehead atoms. The fraction of sp³-hybridized carbons (Fsp3) is 0.0769. The van der Waals surface area contributed by atoms with Crippen LogP contribution in [0, 0.1) is 0 Å². The van der Waals surface area contributed by atoms with Gasteiger partial charge in [-0.2, -0.15) is 10.0 Å². The molecule has 6 rings (SSSR count). The van der Waals surface area contributed by atoms with Crippen LogP contribution in [0.2, 0.25) is 0 Å². The SMILES string of the molecule is CS1(C)c2ccccc2-c2c(Br)cc3c4ccccc4n(-c4ccccc4)c3c21. The molecule has 29 heavy (non-hydrogen) atoms. The van der Waals surface area contributed by atoms with E-state index in [2.05, 4.69) is 118 Å². The molecule has 0 atom stereocenters. The van der Waals surface area contributed by atoms with Crippen molar-refractivity contribution in [3.05, 3.63) is 89.4 Å². The van der Waals surface area contributed by atoms with Gasteiger partial charge in [-0.1, -0.05) is 70.5 Å². The van der Waals surface area contributed by atoms with Crippen molar-refractivity contribution < 1.29 is 0 Å². The summed E-state index contributed by atoms with van der Waals surface area (Å²) in [6.07, 6.45) is 4.88. The second kappa shape index (κ2) is 6.01. The zero-order valence-electron chi connectivity index (χ0n) is 16.3. The molecule has 0 radical (unpaired) electrons. The zero-order chi connectivity index (χ0) is 19.8. The van der Waals surface area contributed by atoms with Gasteiger partial charge in [-0.25, -0.2) is 0 Å². The minimum absolute atomic E-state index is 1.14. The van der Waals surface area contributed by atoms with Gasteiger partial charge in [0.2, 0.25) is 0 Å². The van der Waals surface area contributed by atoms with E-state index in [4.69, 9.17) is 0 Å². The number of nitrogens with zero attached hydrogens (tertiary/aromatic N) is 1. The summed E-state index contributed by atoms with van der Waals surface area (Å²) >= 11 is 3.95. The second-order valence-corrected chi connectivity index (χ2v) is 12.3. The molecule has 0 N–H and O–H groups in total. The first kappa shape index (κ1) is 17.4. The van der Waals surface area contributed by atoms with Crippen molar-refractivity contribution in [2.45, 2.75) is 9.79 Å². The van der Waals surface area contributed by atoms with Gasteiger partial charge in [0.05, 0.1) is 11.0 Å². The Labute approximate surface area is 180 Å². The number of halogens is 1. The lowest BCUT2D eigenvalue weighted by molar-refractivity contribution is 1.16. The van der Waals surface area contributed by atoms with Crippen LogP contribution in [0.5, 0.6) is 0 Å². The maximum Gasteiger partial charge on any atom is 0.0672 e. The molecule has 1 aliphatic rings. The normalized spacial score (nSPS) is 15.4. The van der Waals surface area contributed by atoms with Crippen molar-refractivity contribution in [2.75, 3.05) is 12.5 Å². The molecule has 0 amide bonds. The predicted octanol–water partition coefficient (Wildman–Crippen LogP) is 8.01. The molecule has 0 saturated heterocycles. The largest absolute Gasteiger partial charge is 0.308 e. The highest BCUT2D eigenvalue weighted by Crippen LogP contribution is 2.70. The molecular weight excluding hydrogens is 438 g/mol. The average molecular weight is 458 g/mol. The first-order valence-electron chi connectivity index (χ1n) is 9.73. The van der Waals surface area contributed by atoms with Crippen LogP contribution >= 0.6 is 26.0 Å². The van der Waals surface area contributed by atoms with Crippen LogP contribution < -0.4 is 0 Å². The van der Waals surface area contributed by atoms with Gasteiger partial charge in [0.1, 0.15) is 0 Å². The van der Waals surface area contributed by atoms with Gasteiger partial charge in [-0.05, 0) is 48.4 Å². The Morgan fingerprint density at radius 3 is 2.28 bits per heavy atom. The van der Waals surface area contributed by atoms with Gasteiger partial charge < -0.3 is 4.57 Å². The Balaban J connectivity index is 1.90. The summed E-state index contributed by atoms with van der Waals surface area (Å²) in [7, 11) is -1.14. The Hall–Kier alpha value is -2.49. The number of benzene rings is 4. The van der Waals surface area contributed by atoms with Gasteiger partial charge in [0.15, 0.2) is 0 Å². The van der Waals surface area contributed by atoms with Crippen LogP contribution in [0.3, 0.4) is 0 Å².